The highest BCUT2D eigenvalue weighted by Gasteiger charge is 2.34. The first-order valence-electron chi connectivity index (χ1n) is 7.88. The fourth-order valence-electron chi connectivity index (χ4n) is 2.84. The number of carbonyl (C=O) groups is 1. The molecular formula is C18H15BrFN3OS. The minimum atomic E-state index is -0.305. The molecule has 1 fully saturated rings. The van der Waals surface area contributed by atoms with Crippen LogP contribution in [-0.2, 0) is 4.79 Å². The minimum absolute atomic E-state index is 0.00830. The molecule has 2 heterocycles. The maximum absolute atomic E-state index is 13.8. The summed E-state index contributed by atoms with van der Waals surface area (Å²) in [6.07, 6.45) is 0. The number of thiazole rings is 1. The van der Waals surface area contributed by atoms with Crippen LogP contribution in [0, 0.1) is 18.7 Å². The number of aromatic nitrogens is 1. The van der Waals surface area contributed by atoms with Gasteiger partial charge in [0.2, 0.25) is 5.91 Å². The molecule has 7 heteroatoms. The van der Waals surface area contributed by atoms with Crippen molar-refractivity contribution in [2.24, 2.45) is 5.92 Å². The number of anilines is 2. The third kappa shape index (κ3) is 3.14. The first kappa shape index (κ1) is 16.5. The van der Waals surface area contributed by atoms with Crippen LogP contribution in [-0.4, -0.2) is 24.0 Å². The third-order valence-electron chi connectivity index (χ3n) is 4.33. The first-order valence-corrected chi connectivity index (χ1v) is 9.49. The number of nitrogens with zero attached hydrogens (tertiary/aromatic N) is 2. The number of fused-ring (bicyclic) bond motifs is 1. The van der Waals surface area contributed by atoms with E-state index in [0.29, 0.717) is 18.6 Å². The summed E-state index contributed by atoms with van der Waals surface area (Å²) >= 11 is 4.87. The Balaban J connectivity index is 1.42. The number of halogens is 2. The second kappa shape index (κ2) is 6.38. The van der Waals surface area contributed by atoms with Crippen molar-refractivity contribution in [3.8, 4) is 0 Å². The Kier molecular flexibility index (Phi) is 4.21. The number of nitrogens with one attached hydrogen (secondary N) is 1. The van der Waals surface area contributed by atoms with E-state index in [0.717, 1.165) is 25.6 Å². The third-order valence-corrected chi connectivity index (χ3v) is 5.90. The number of carbonyl (C=O) groups excluding carboxylic acids is 1. The van der Waals surface area contributed by atoms with Crippen LogP contribution >= 0.6 is 27.3 Å². The largest absolute Gasteiger partial charge is 0.346 e. The van der Waals surface area contributed by atoms with Gasteiger partial charge in [0.25, 0.3) is 0 Å². The topological polar surface area (TPSA) is 45.2 Å². The molecule has 1 N–H and O–H groups in total. The lowest BCUT2D eigenvalue weighted by atomic mass is 10.00. The van der Waals surface area contributed by atoms with E-state index in [-0.39, 0.29) is 17.6 Å². The van der Waals surface area contributed by atoms with Gasteiger partial charge in [-0.15, -0.1) is 0 Å². The molecule has 2 aromatic carbocycles. The molecule has 1 aliphatic rings. The molecular weight excluding hydrogens is 405 g/mol. The number of rotatable bonds is 3. The van der Waals surface area contributed by atoms with Crippen molar-refractivity contribution in [1.82, 2.24) is 4.98 Å². The standard InChI is InChI=1S/C18H15BrFN3OS/c1-10-7-12(19)5-6-14(10)21-17(24)11-8-23(9-11)18-22-16-13(20)3-2-4-15(16)25-18/h2-7,11H,8-9H2,1H3,(H,21,24). The molecule has 0 spiro atoms. The molecule has 0 saturated carbocycles. The number of para-hydroxylation sites is 1. The number of hydrogen-bond acceptors (Lipinski definition) is 4. The van der Waals surface area contributed by atoms with Gasteiger partial charge in [-0.3, -0.25) is 4.79 Å². The molecule has 4 nitrogen and oxygen atoms in total. The van der Waals surface area contributed by atoms with Gasteiger partial charge in [0.1, 0.15) is 11.3 Å². The van der Waals surface area contributed by atoms with Crippen molar-refractivity contribution < 1.29 is 9.18 Å². The van der Waals surface area contributed by atoms with Crippen LogP contribution in [0.15, 0.2) is 40.9 Å². The normalized spacial score (nSPS) is 14.6. The Morgan fingerprint density at radius 3 is 2.88 bits per heavy atom. The lowest BCUT2D eigenvalue weighted by molar-refractivity contribution is -0.120. The Morgan fingerprint density at radius 2 is 2.16 bits per heavy atom. The zero-order chi connectivity index (χ0) is 17.6. The highest BCUT2D eigenvalue weighted by Crippen LogP contribution is 2.34. The van der Waals surface area contributed by atoms with Gasteiger partial charge in [0.05, 0.1) is 10.6 Å². The molecule has 0 radical (unpaired) electrons. The number of benzene rings is 2. The number of aryl methyl sites for hydroxylation is 1. The zero-order valence-electron chi connectivity index (χ0n) is 13.4. The van der Waals surface area contributed by atoms with Crippen LogP contribution in [0.25, 0.3) is 10.2 Å². The van der Waals surface area contributed by atoms with E-state index in [1.54, 1.807) is 6.07 Å². The molecule has 1 amide bonds. The summed E-state index contributed by atoms with van der Waals surface area (Å²) < 4.78 is 15.6. The molecule has 128 valence electrons. The Bertz CT molecular complexity index is 968. The SMILES string of the molecule is Cc1cc(Br)ccc1NC(=O)C1CN(c2nc3c(F)cccc3s2)C1. The second-order valence-corrected chi connectivity index (χ2v) is 8.06. The Morgan fingerprint density at radius 1 is 1.36 bits per heavy atom. The second-order valence-electron chi connectivity index (χ2n) is 6.13. The summed E-state index contributed by atoms with van der Waals surface area (Å²) in [5.41, 5.74) is 2.25. The highest BCUT2D eigenvalue weighted by molar-refractivity contribution is 9.10. The summed E-state index contributed by atoms with van der Waals surface area (Å²) in [6.45, 7) is 3.16. The molecule has 1 aromatic heterocycles. The van der Waals surface area contributed by atoms with Crippen molar-refractivity contribution in [3.63, 3.8) is 0 Å². The van der Waals surface area contributed by atoms with E-state index in [1.807, 2.05) is 36.1 Å². The van der Waals surface area contributed by atoms with Gasteiger partial charge in [-0.05, 0) is 42.8 Å². The fourth-order valence-corrected chi connectivity index (χ4v) is 4.31. The summed E-state index contributed by atoms with van der Waals surface area (Å²) in [6, 6.07) is 10.7. The average Bonchev–Trinajstić information content (AvgIpc) is 2.94. The molecule has 0 atom stereocenters. The van der Waals surface area contributed by atoms with Gasteiger partial charge in [0, 0.05) is 23.2 Å². The van der Waals surface area contributed by atoms with E-state index < -0.39 is 0 Å². The summed E-state index contributed by atoms with van der Waals surface area (Å²) in [7, 11) is 0. The van der Waals surface area contributed by atoms with Crippen molar-refractivity contribution in [2.45, 2.75) is 6.92 Å². The van der Waals surface area contributed by atoms with Crippen LogP contribution in [0.3, 0.4) is 0 Å². The molecule has 4 rings (SSSR count). The van der Waals surface area contributed by atoms with E-state index in [4.69, 9.17) is 0 Å². The molecule has 1 aliphatic heterocycles. The van der Waals surface area contributed by atoms with Gasteiger partial charge in [0.15, 0.2) is 5.13 Å². The van der Waals surface area contributed by atoms with Crippen molar-refractivity contribution in [2.75, 3.05) is 23.3 Å². The Labute approximate surface area is 156 Å². The van der Waals surface area contributed by atoms with E-state index >= 15 is 0 Å². The smallest absolute Gasteiger partial charge is 0.231 e. The van der Waals surface area contributed by atoms with Gasteiger partial charge in [-0.1, -0.05) is 33.3 Å². The van der Waals surface area contributed by atoms with Crippen molar-refractivity contribution in [1.29, 1.82) is 0 Å². The molecule has 0 bridgehead atoms. The maximum Gasteiger partial charge on any atom is 0.231 e. The van der Waals surface area contributed by atoms with E-state index in [9.17, 15) is 9.18 Å². The summed E-state index contributed by atoms with van der Waals surface area (Å²) in [5, 5.41) is 3.75. The predicted molar refractivity (Wildman–Crippen MR) is 103 cm³/mol. The Hall–Kier alpha value is -1.99. The van der Waals surface area contributed by atoms with Gasteiger partial charge >= 0.3 is 0 Å². The van der Waals surface area contributed by atoms with Crippen LogP contribution in [0.2, 0.25) is 0 Å². The molecule has 0 aliphatic carbocycles. The molecule has 3 aromatic rings. The quantitative estimate of drug-likeness (QED) is 0.675. The lowest BCUT2D eigenvalue weighted by Crippen LogP contribution is -2.52. The van der Waals surface area contributed by atoms with E-state index in [2.05, 4.69) is 26.2 Å². The van der Waals surface area contributed by atoms with Crippen LogP contribution < -0.4 is 10.2 Å². The lowest BCUT2D eigenvalue weighted by Gasteiger charge is -2.38. The van der Waals surface area contributed by atoms with Gasteiger partial charge < -0.3 is 10.2 Å². The molecule has 0 unspecified atom stereocenters. The fraction of sp³-hybridized carbons (Fsp3) is 0.222. The summed E-state index contributed by atoms with van der Waals surface area (Å²) in [4.78, 5) is 18.8. The van der Waals surface area contributed by atoms with Gasteiger partial charge in [-0.25, -0.2) is 9.37 Å². The highest BCUT2D eigenvalue weighted by atomic mass is 79.9. The monoisotopic (exact) mass is 419 g/mol. The van der Waals surface area contributed by atoms with E-state index in [1.165, 1.54) is 17.4 Å². The molecule has 1 saturated heterocycles. The first-order chi connectivity index (χ1) is 12.0. The van der Waals surface area contributed by atoms with Crippen molar-refractivity contribution >= 4 is 54.2 Å². The minimum Gasteiger partial charge on any atom is -0.346 e. The summed E-state index contributed by atoms with van der Waals surface area (Å²) in [5.74, 6) is -0.380. The maximum atomic E-state index is 13.8. The van der Waals surface area contributed by atoms with Crippen molar-refractivity contribution in [3.05, 3.63) is 52.3 Å². The molecule has 25 heavy (non-hydrogen) atoms. The number of hydrogen-bond donors (Lipinski definition) is 1. The average molecular weight is 420 g/mol. The van der Waals surface area contributed by atoms with Gasteiger partial charge in [-0.2, -0.15) is 0 Å². The van der Waals surface area contributed by atoms with Crippen LogP contribution in [0.5, 0.6) is 0 Å². The van der Waals surface area contributed by atoms with Crippen LogP contribution in [0.1, 0.15) is 5.56 Å². The number of amides is 1. The predicted octanol–water partition coefficient (Wildman–Crippen LogP) is 4.58. The van der Waals surface area contributed by atoms with Crippen LogP contribution in [0.4, 0.5) is 15.2 Å². The zero-order valence-corrected chi connectivity index (χ0v) is 15.8.